The molecule has 1 aliphatic carbocycles. The Balaban J connectivity index is 0.000000183. The summed E-state index contributed by atoms with van der Waals surface area (Å²) in [5, 5.41) is 14.6. The smallest absolute Gasteiger partial charge is 0.293 e. The van der Waals surface area contributed by atoms with Gasteiger partial charge in [-0.15, -0.1) is 0 Å². The molecule has 0 radical (unpaired) electrons. The Morgan fingerprint density at radius 1 is 1.10 bits per heavy atom. The second kappa shape index (κ2) is 11.4. The Morgan fingerprint density at radius 2 is 1.79 bits per heavy atom. The molecule has 0 aliphatic heterocycles. The van der Waals surface area contributed by atoms with Crippen LogP contribution < -0.4 is 10.5 Å². The van der Waals surface area contributed by atoms with Gasteiger partial charge in [0.15, 0.2) is 21.4 Å². The summed E-state index contributed by atoms with van der Waals surface area (Å²) in [5.74, 6) is 1.20. The number of para-hydroxylation sites is 1. The SMILES string of the molecule is CS(=O)(=O)c1cc(Cl)ccc1C(=O)c1cnoc1C1CC1.Nc1c([N+](=O)[O-])ccc(Oc2ccccc2)c1Cl. The van der Waals surface area contributed by atoms with Gasteiger partial charge in [0.2, 0.25) is 0 Å². The molecule has 1 heterocycles. The predicted octanol–water partition coefficient (Wildman–Crippen LogP) is 6.46. The molecule has 202 valence electrons. The number of anilines is 1. The Labute approximate surface area is 233 Å². The highest BCUT2D eigenvalue weighted by atomic mass is 35.5. The zero-order valence-corrected chi connectivity index (χ0v) is 22.7. The van der Waals surface area contributed by atoms with Crippen LogP contribution in [0.15, 0.2) is 76.3 Å². The van der Waals surface area contributed by atoms with Crippen LogP contribution in [0.5, 0.6) is 11.5 Å². The molecule has 10 nitrogen and oxygen atoms in total. The number of ketones is 1. The number of ether oxygens (including phenoxy) is 1. The zero-order valence-electron chi connectivity index (χ0n) is 20.3. The van der Waals surface area contributed by atoms with E-state index in [9.17, 15) is 23.3 Å². The number of nitrogen functional groups attached to an aromatic ring is 1. The van der Waals surface area contributed by atoms with Crippen molar-refractivity contribution in [3.63, 3.8) is 0 Å². The summed E-state index contributed by atoms with van der Waals surface area (Å²) in [6.07, 6.45) is 4.30. The highest BCUT2D eigenvalue weighted by Crippen LogP contribution is 2.42. The van der Waals surface area contributed by atoms with E-state index in [0.717, 1.165) is 19.1 Å². The van der Waals surface area contributed by atoms with Crippen molar-refractivity contribution in [1.82, 2.24) is 5.16 Å². The van der Waals surface area contributed by atoms with Gasteiger partial charge in [0.05, 0.1) is 21.6 Å². The number of halogens is 2. The molecule has 0 bridgehead atoms. The van der Waals surface area contributed by atoms with E-state index < -0.39 is 20.5 Å². The van der Waals surface area contributed by atoms with Crippen LogP contribution in [0.25, 0.3) is 0 Å². The number of nitro groups is 1. The highest BCUT2D eigenvalue weighted by molar-refractivity contribution is 7.90. The summed E-state index contributed by atoms with van der Waals surface area (Å²) in [7, 11) is -3.57. The van der Waals surface area contributed by atoms with Crippen LogP contribution in [0.3, 0.4) is 0 Å². The number of sulfone groups is 1. The molecule has 4 aromatic rings. The van der Waals surface area contributed by atoms with Gasteiger partial charge in [0.1, 0.15) is 22.2 Å². The maximum Gasteiger partial charge on any atom is 0.293 e. The third-order valence-corrected chi connectivity index (χ3v) is 7.43. The zero-order chi connectivity index (χ0) is 28.3. The number of hydrogen-bond donors (Lipinski definition) is 1. The largest absolute Gasteiger partial charge is 0.456 e. The molecule has 3 aromatic carbocycles. The first-order valence-electron chi connectivity index (χ1n) is 11.4. The molecule has 5 rings (SSSR count). The molecule has 1 aromatic heterocycles. The number of benzene rings is 3. The van der Waals surface area contributed by atoms with Gasteiger partial charge in [-0.25, -0.2) is 8.42 Å². The molecule has 2 N–H and O–H groups in total. The molecule has 0 amide bonds. The lowest BCUT2D eigenvalue weighted by atomic mass is 10.0. The average molecular weight is 590 g/mol. The van der Waals surface area contributed by atoms with E-state index >= 15 is 0 Å². The van der Waals surface area contributed by atoms with E-state index in [1.54, 1.807) is 24.3 Å². The standard InChI is InChI=1S/C14H12ClNO4S.C12H9ClN2O3/c1-21(18,19)12-6-9(15)4-5-10(12)13(17)11-7-16-20-14(11)8-2-3-8;13-11-10(18-8-4-2-1-3-5-8)7-6-9(12(11)14)15(16)17/h4-8H,2-3H2,1H3;1-7H,14H2. The minimum Gasteiger partial charge on any atom is -0.456 e. The van der Waals surface area contributed by atoms with E-state index in [1.165, 1.54) is 36.5 Å². The van der Waals surface area contributed by atoms with Crippen molar-refractivity contribution in [3.05, 3.63) is 104 Å². The van der Waals surface area contributed by atoms with Gasteiger partial charge in [-0.05, 0) is 49.2 Å². The lowest BCUT2D eigenvalue weighted by Gasteiger charge is -2.08. The first kappa shape index (κ1) is 28.1. The van der Waals surface area contributed by atoms with E-state index in [4.69, 9.17) is 38.2 Å². The van der Waals surface area contributed by atoms with Gasteiger partial charge in [0.25, 0.3) is 5.69 Å². The molecule has 0 unspecified atom stereocenters. The van der Waals surface area contributed by atoms with E-state index in [2.05, 4.69) is 5.16 Å². The van der Waals surface area contributed by atoms with Crippen molar-refractivity contribution in [3.8, 4) is 11.5 Å². The number of nitrogens with zero attached hydrogens (tertiary/aromatic N) is 2. The van der Waals surface area contributed by atoms with E-state index in [-0.39, 0.29) is 43.5 Å². The summed E-state index contributed by atoms with van der Waals surface area (Å²) in [6.45, 7) is 0. The quantitative estimate of drug-likeness (QED) is 0.110. The van der Waals surface area contributed by atoms with Crippen molar-refractivity contribution >= 4 is 50.2 Å². The number of nitrogens with two attached hydrogens (primary N) is 1. The fraction of sp³-hybridized carbons (Fsp3) is 0.154. The summed E-state index contributed by atoms with van der Waals surface area (Å²) >= 11 is 11.8. The van der Waals surface area contributed by atoms with Crippen molar-refractivity contribution in [1.29, 1.82) is 0 Å². The van der Waals surface area contributed by atoms with Crippen molar-refractivity contribution in [2.45, 2.75) is 23.7 Å². The summed E-state index contributed by atoms with van der Waals surface area (Å²) in [4.78, 5) is 22.6. The van der Waals surface area contributed by atoms with Gasteiger partial charge in [0, 0.05) is 28.8 Å². The van der Waals surface area contributed by atoms with Crippen LogP contribution >= 0.6 is 23.2 Å². The van der Waals surface area contributed by atoms with Crippen LogP contribution in [0.2, 0.25) is 10.0 Å². The van der Waals surface area contributed by atoms with Crippen LogP contribution in [-0.2, 0) is 9.84 Å². The predicted molar refractivity (Wildman–Crippen MR) is 146 cm³/mol. The maximum atomic E-state index is 12.6. The Morgan fingerprint density at radius 3 is 2.41 bits per heavy atom. The topological polar surface area (TPSA) is 156 Å². The lowest BCUT2D eigenvalue weighted by Crippen LogP contribution is -2.10. The molecule has 1 saturated carbocycles. The van der Waals surface area contributed by atoms with Crippen LogP contribution in [-0.4, -0.2) is 30.5 Å². The normalized spacial score (nSPS) is 12.8. The number of carbonyl (C=O) groups is 1. The summed E-state index contributed by atoms with van der Waals surface area (Å²) < 4.78 is 34.3. The molecule has 0 spiro atoms. The third-order valence-electron chi connectivity index (χ3n) is 5.67. The Hall–Kier alpha value is -3.93. The molecule has 0 saturated heterocycles. The molecular weight excluding hydrogens is 569 g/mol. The number of rotatable bonds is 7. The fourth-order valence-corrected chi connectivity index (χ4v) is 4.95. The molecule has 13 heteroatoms. The van der Waals surface area contributed by atoms with E-state index in [0.29, 0.717) is 17.1 Å². The van der Waals surface area contributed by atoms with Crippen LogP contribution in [0.1, 0.15) is 40.4 Å². The molecular formula is C26H21Cl2N3O7S. The summed E-state index contributed by atoms with van der Waals surface area (Å²) in [6, 6.07) is 15.8. The van der Waals surface area contributed by atoms with Crippen LogP contribution in [0, 0.1) is 10.1 Å². The van der Waals surface area contributed by atoms with Gasteiger partial charge < -0.3 is 15.0 Å². The Bertz CT molecular complexity index is 1650. The van der Waals surface area contributed by atoms with Gasteiger partial charge in [-0.1, -0.05) is 46.6 Å². The monoisotopic (exact) mass is 589 g/mol. The number of hydrogen-bond acceptors (Lipinski definition) is 9. The minimum absolute atomic E-state index is 0.0352. The molecule has 1 aliphatic rings. The molecule has 39 heavy (non-hydrogen) atoms. The second-order valence-electron chi connectivity index (χ2n) is 8.60. The number of nitro benzene ring substituents is 1. The third kappa shape index (κ3) is 6.56. The van der Waals surface area contributed by atoms with Gasteiger partial charge in [-0.3, -0.25) is 14.9 Å². The first-order chi connectivity index (χ1) is 18.5. The van der Waals surface area contributed by atoms with Crippen LogP contribution in [0.4, 0.5) is 11.4 Å². The maximum absolute atomic E-state index is 12.6. The molecule has 0 atom stereocenters. The first-order valence-corrected chi connectivity index (χ1v) is 14.1. The number of carbonyl (C=O) groups excluding carboxylic acids is 1. The van der Waals surface area contributed by atoms with Gasteiger partial charge in [-0.2, -0.15) is 0 Å². The lowest BCUT2D eigenvalue weighted by molar-refractivity contribution is -0.383. The van der Waals surface area contributed by atoms with Gasteiger partial charge >= 0.3 is 0 Å². The highest BCUT2D eigenvalue weighted by Gasteiger charge is 2.33. The second-order valence-corrected chi connectivity index (χ2v) is 11.4. The minimum atomic E-state index is -3.57. The summed E-state index contributed by atoms with van der Waals surface area (Å²) in [5.41, 5.74) is 5.66. The average Bonchev–Trinajstić information content (AvgIpc) is 3.62. The Kier molecular flexibility index (Phi) is 8.24. The fourth-order valence-electron chi connectivity index (χ4n) is 3.61. The van der Waals surface area contributed by atoms with Crippen molar-refractivity contribution < 1.29 is 27.4 Å². The molecule has 1 fully saturated rings. The van der Waals surface area contributed by atoms with Crippen molar-refractivity contribution in [2.24, 2.45) is 0 Å². The van der Waals surface area contributed by atoms with Crippen molar-refractivity contribution in [2.75, 3.05) is 12.0 Å². The van der Waals surface area contributed by atoms with E-state index in [1.807, 2.05) is 6.07 Å². The number of aromatic nitrogens is 1.